The third-order valence-corrected chi connectivity index (χ3v) is 6.00. The fourth-order valence-electron chi connectivity index (χ4n) is 3.04. The molecule has 3 aromatic rings. The normalized spacial score (nSPS) is 10.8. The van der Waals surface area contributed by atoms with Crippen LogP contribution < -0.4 is 20.2 Å². The van der Waals surface area contributed by atoms with Gasteiger partial charge in [-0.1, -0.05) is 18.2 Å². The van der Waals surface area contributed by atoms with Crippen molar-refractivity contribution in [2.24, 2.45) is 5.10 Å². The van der Waals surface area contributed by atoms with Gasteiger partial charge in [0.15, 0.2) is 11.5 Å². The number of methoxy groups -OCH3 is 2. The molecule has 0 aliphatic carbocycles. The number of hydrogen-bond donors (Lipinski definition) is 2. The summed E-state index contributed by atoms with van der Waals surface area (Å²) in [5.41, 5.74) is 7.27. The monoisotopic (exact) mass is 451 g/mol. The third-order valence-electron chi connectivity index (χ3n) is 4.99. The molecule has 3 rings (SSSR count). The molecule has 166 valence electrons. The maximum atomic E-state index is 12.8. The lowest BCUT2D eigenvalue weighted by Gasteiger charge is -2.10. The number of hydrogen-bond acceptors (Lipinski definition) is 6. The lowest BCUT2D eigenvalue weighted by atomic mass is 10.1. The quantitative estimate of drug-likeness (QED) is 0.402. The number of nitrogens with one attached hydrogen (secondary N) is 2. The summed E-state index contributed by atoms with van der Waals surface area (Å²) in [5.74, 6) is 0.214. The summed E-state index contributed by atoms with van der Waals surface area (Å²) in [4.78, 5) is 25.5. The first-order valence-corrected chi connectivity index (χ1v) is 10.7. The minimum atomic E-state index is -0.397. The summed E-state index contributed by atoms with van der Waals surface area (Å²) in [6.45, 7) is 5.87. The van der Waals surface area contributed by atoms with Crippen molar-refractivity contribution in [3.05, 3.63) is 75.2 Å². The van der Waals surface area contributed by atoms with Crippen molar-refractivity contribution in [3.63, 3.8) is 0 Å². The molecule has 0 bridgehead atoms. The van der Waals surface area contributed by atoms with Crippen LogP contribution in [-0.4, -0.2) is 32.2 Å². The topological polar surface area (TPSA) is 89.0 Å². The van der Waals surface area contributed by atoms with E-state index in [0.29, 0.717) is 27.6 Å². The largest absolute Gasteiger partial charge is 0.493 e. The number of ether oxygens (including phenoxy) is 2. The fraction of sp³-hybridized carbons (Fsp3) is 0.208. The summed E-state index contributed by atoms with van der Waals surface area (Å²) in [7, 11) is 3.03. The van der Waals surface area contributed by atoms with Gasteiger partial charge < -0.3 is 14.8 Å². The molecular weight excluding hydrogens is 426 g/mol. The molecule has 0 saturated carbocycles. The zero-order valence-corrected chi connectivity index (χ0v) is 19.4. The molecular formula is C24H25N3O4S. The van der Waals surface area contributed by atoms with Crippen LogP contribution >= 0.6 is 11.3 Å². The predicted molar refractivity (Wildman–Crippen MR) is 128 cm³/mol. The van der Waals surface area contributed by atoms with E-state index in [1.165, 1.54) is 31.1 Å². The van der Waals surface area contributed by atoms with E-state index >= 15 is 0 Å². The van der Waals surface area contributed by atoms with Crippen LogP contribution in [0.4, 0.5) is 5.00 Å². The number of carbonyl (C=O) groups excluding carboxylic acids is 2. The molecule has 8 heteroatoms. The van der Waals surface area contributed by atoms with E-state index in [1.54, 1.807) is 24.4 Å². The average Bonchev–Trinajstić information content (AvgIpc) is 3.15. The Labute approximate surface area is 191 Å². The van der Waals surface area contributed by atoms with Crippen molar-refractivity contribution in [2.45, 2.75) is 20.8 Å². The number of carbonyl (C=O) groups is 2. The van der Waals surface area contributed by atoms with Crippen molar-refractivity contribution in [1.29, 1.82) is 0 Å². The molecule has 0 aliphatic rings. The summed E-state index contributed by atoms with van der Waals surface area (Å²) < 4.78 is 10.5. The molecule has 0 radical (unpaired) electrons. The van der Waals surface area contributed by atoms with Gasteiger partial charge in [-0.05, 0) is 66.6 Å². The number of rotatable bonds is 7. The molecule has 2 amide bonds. The van der Waals surface area contributed by atoms with Gasteiger partial charge >= 0.3 is 0 Å². The van der Waals surface area contributed by atoms with Gasteiger partial charge in [0.25, 0.3) is 11.8 Å². The van der Waals surface area contributed by atoms with E-state index in [1.807, 2.05) is 44.4 Å². The predicted octanol–water partition coefficient (Wildman–Crippen LogP) is 4.71. The Hall–Kier alpha value is -3.65. The number of benzene rings is 2. The van der Waals surface area contributed by atoms with E-state index in [-0.39, 0.29) is 5.91 Å². The molecule has 2 aromatic carbocycles. The summed E-state index contributed by atoms with van der Waals surface area (Å²) in [6, 6.07) is 10.8. The zero-order valence-electron chi connectivity index (χ0n) is 18.6. The van der Waals surface area contributed by atoms with Crippen LogP contribution in [0.5, 0.6) is 11.5 Å². The van der Waals surface area contributed by atoms with Crippen LogP contribution in [-0.2, 0) is 0 Å². The average molecular weight is 452 g/mol. The number of nitrogens with zero attached hydrogens (tertiary/aromatic N) is 1. The van der Waals surface area contributed by atoms with Gasteiger partial charge in [0.2, 0.25) is 0 Å². The molecule has 0 saturated heterocycles. The molecule has 0 spiro atoms. The Kier molecular flexibility index (Phi) is 7.27. The first-order valence-electron chi connectivity index (χ1n) is 9.86. The number of anilines is 1. The van der Waals surface area contributed by atoms with Crippen LogP contribution in [0.1, 0.15) is 43.0 Å². The minimum absolute atomic E-state index is 0.361. The van der Waals surface area contributed by atoms with E-state index < -0.39 is 5.91 Å². The summed E-state index contributed by atoms with van der Waals surface area (Å²) in [5, 5.41) is 9.13. The van der Waals surface area contributed by atoms with Crippen molar-refractivity contribution in [1.82, 2.24) is 5.43 Å². The van der Waals surface area contributed by atoms with Crippen molar-refractivity contribution in [2.75, 3.05) is 19.5 Å². The summed E-state index contributed by atoms with van der Waals surface area (Å²) >= 11 is 1.28. The Morgan fingerprint density at radius 2 is 1.66 bits per heavy atom. The lowest BCUT2D eigenvalue weighted by molar-refractivity contribution is 0.0956. The second-order valence-electron chi connectivity index (χ2n) is 7.19. The van der Waals surface area contributed by atoms with Gasteiger partial charge in [-0.3, -0.25) is 9.59 Å². The molecule has 1 aromatic heterocycles. The van der Waals surface area contributed by atoms with Crippen LogP contribution in [0.25, 0.3) is 0 Å². The zero-order chi connectivity index (χ0) is 23.3. The number of thiophene rings is 1. The van der Waals surface area contributed by atoms with Crippen LogP contribution in [0.15, 0.2) is 46.9 Å². The molecule has 2 N–H and O–H groups in total. The first kappa shape index (κ1) is 23.0. The third kappa shape index (κ3) is 5.15. The highest BCUT2D eigenvalue weighted by molar-refractivity contribution is 7.15. The maximum Gasteiger partial charge on any atom is 0.274 e. The minimum Gasteiger partial charge on any atom is -0.493 e. The SMILES string of the molecule is COc1ccc(C(=O)Nc2scc(C)c2C(=O)N/N=C/c2ccc(C)c(C)c2)cc1OC. The molecule has 1 heterocycles. The molecule has 7 nitrogen and oxygen atoms in total. The Balaban J connectivity index is 1.74. The highest BCUT2D eigenvalue weighted by atomic mass is 32.1. The highest BCUT2D eigenvalue weighted by Gasteiger charge is 2.19. The Bertz CT molecular complexity index is 1180. The molecule has 32 heavy (non-hydrogen) atoms. The van der Waals surface area contributed by atoms with Crippen molar-refractivity contribution < 1.29 is 19.1 Å². The smallest absolute Gasteiger partial charge is 0.274 e. The fourth-order valence-corrected chi connectivity index (χ4v) is 3.97. The van der Waals surface area contributed by atoms with E-state index in [9.17, 15) is 9.59 Å². The highest BCUT2D eigenvalue weighted by Crippen LogP contribution is 2.30. The standard InChI is InChI=1S/C24H25N3O4S/c1-14-6-7-17(10-15(14)2)12-25-27-23(29)21-16(3)13-32-24(21)26-22(28)18-8-9-19(30-4)20(11-18)31-5/h6-13H,1-5H3,(H,26,28)(H,27,29)/b25-12+. The van der Waals surface area contributed by atoms with Gasteiger partial charge in [-0.2, -0.15) is 5.10 Å². The van der Waals surface area contributed by atoms with E-state index in [0.717, 1.165) is 16.7 Å². The van der Waals surface area contributed by atoms with Gasteiger partial charge in [-0.15, -0.1) is 11.3 Å². The molecule has 0 aliphatic heterocycles. The number of aryl methyl sites for hydroxylation is 3. The maximum absolute atomic E-state index is 12.8. The number of hydrazone groups is 1. The van der Waals surface area contributed by atoms with Crippen LogP contribution in [0.3, 0.4) is 0 Å². The molecule has 0 unspecified atom stereocenters. The van der Waals surface area contributed by atoms with Gasteiger partial charge in [0, 0.05) is 5.56 Å². The van der Waals surface area contributed by atoms with Crippen molar-refractivity contribution >= 4 is 34.4 Å². The van der Waals surface area contributed by atoms with Crippen molar-refractivity contribution in [3.8, 4) is 11.5 Å². The van der Waals surface area contributed by atoms with E-state index in [2.05, 4.69) is 15.8 Å². The van der Waals surface area contributed by atoms with Crippen LogP contribution in [0, 0.1) is 20.8 Å². The second-order valence-corrected chi connectivity index (χ2v) is 8.07. The first-order chi connectivity index (χ1) is 15.3. The van der Waals surface area contributed by atoms with Gasteiger partial charge in [0.1, 0.15) is 5.00 Å². The molecule has 0 fully saturated rings. The number of amides is 2. The Morgan fingerprint density at radius 1 is 0.906 bits per heavy atom. The molecule has 0 atom stereocenters. The Morgan fingerprint density at radius 3 is 2.34 bits per heavy atom. The second kappa shape index (κ2) is 10.1. The lowest BCUT2D eigenvalue weighted by Crippen LogP contribution is -2.21. The van der Waals surface area contributed by atoms with E-state index in [4.69, 9.17) is 9.47 Å². The van der Waals surface area contributed by atoms with Gasteiger partial charge in [-0.25, -0.2) is 5.43 Å². The van der Waals surface area contributed by atoms with Gasteiger partial charge in [0.05, 0.1) is 26.0 Å². The van der Waals surface area contributed by atoms with Crippen LogP contribution in [0.2, 0.25) is 0 Å². The summed E-state index contributed by atoms with van der Waals surface area (Å²) in [6.07, 6.45) is 1.59.